The van der Waals surface area contributed by atoms with Crippen LogP contribution in [0.4, 0.5) is 0 Å². The van der Waals surface area contributed by atoms with Gasteiger partial charge in [0.15, 0.2) is 5.69 Å². The van der Waals surface area contributed by atoms with Crippen LogP contribution in [0.5, 0.6) is 0 Å². The van der Waals surface area contributed by atoms with Crippen LogP contribution >= 0.6 is 0 Å². The van der Waals surface area contributed by atoms with Crippen LogP contribution in [0.25, 0.3) is 10.8 Å². The molecule has 1 N–H and O–H groups in total. The van der Waals surface area contributed by atoms with Crippen molar-refractivity contribution >= 4 is 16.7 Å². The summed E-state index contributed by atoms with van der Waals surface area (Å²) in [4.78, 5) is 25.0. The van der Waals surface area contributed by atoms with E-state index in [-0.39, 0.29) is 23.6 Å². The second-order valence-corrected chi connectivity index (χ2v) is 5.72. The molecule has 0 spiro atoms. The van der Waals surface area contributed by atoms with Gasteiger partial charge in [-0.15, -0.1) is 0 Å². The zero-order valence-corrected chi connectivity index (χ0v) is 13.6. The molecule has 2 aromatic rings. The molecule has 5 nitrogen and oxygen atoms in total. The zero-order valence-electron chi connectivity index (χ0n) is 13.6. The average molecular weight is 301 g/mol. The molecular formula is C17H23N3O2. The van der Waals surface area contributed by atoms with Gasteiger partial charge in [0.05, 0.1) is 11.4 Å². The first kappa shape index (κ1) is 16.2. The van der Waals surface area contributed by atoms with Gasteiger partial charge >= 0.3 is 0 Å². The molecule has 0 radical (unpaired) electrons. The molecule has 0 aliphatic carbocycles. The SMILES string of the molecule is CCC(CC)NC(=O)c1nn(C(C)C)c(=O)c2ccccc12. The molecule has 0 bridgehead atoms. The summed E-state index contributed by atoms with van der Waals surface area (Å²) in [5.41, 5.74) is 0.153. The van der Waals surface area contributed by atoms with Crippen LogP contribution in [0.15, 0.2) is 29.1 Å². The summed E-state index contributed by atoms with van der Waals surface area (Å²) in [5, 5.41) is 8.44. The van der Waals surface area contributed by atoms with Crippen LogP contribution in [0.3, 0.4) is 0 Å². The summed E-state index contributed by atoms with van der Waals surface area (Å²) in [5.74, 6) is -0.223. The average Bonchev–Trinajstić information content (AvgIpc) is 2.52. The van der Waals surface area contributed by atoms with E-state index in [0.717, 1.165) is 12.8 Å². The highest BCUT2D eigenvalue weighted by atomic mass is 16.2. The Kier molecular flexibility index (Phi) is 4.96. The number of hydrogen-bond donors (Lipinski definition) is 1. The predicted molar refractivity (Wildman–Crippen MR) is 88.2 cm³/mol. The Morgan fingerprint density at radius 2 is 1.77 bits per heavy atom. The second-order valence-electron chi connectivity index (χ2n) is 5.72. The first-order chi connectivity index (χ1) is 10.5. The molecule has 22 heavy (non-hydrogen) atoms. The molecule has 0 atom stereocenters. The fraction of sp³-hybridized carbons (Fsp3) is 0.471. The molecule has 1 heterocycles. The monoisotopic (exact) mass is 301 g/mol. The Hall–Kier alpha value is -2.17. The zero-order chi connectivity index (χ0) is 16.3. The van der Waals surface area contributed by atoms with Gasteiger partial charge in [0.25, 0.3) is 11.5 Å². The highest BCUT2D eigenvalue weighted by molar-refractivity contribution is 6.04. The van der Waals surface area contributed by atoms with Gasteiger partial charge in [0.2, 0.25) is 0 Å². The summed E-state index contributed by atoms with van der Waals surface area (Å²) in [6.45, 7) is 7.83. The molecule has 0 unspecified atom stereocenters. The van der Waals surface area contributed by atoms with Crippen molar-refractivity contribution in [2.75, 3.05) is 0 Å². The van der Waals surface area contributed by atoms with E-state index in [4.69, 9.17) is 0 Å². The smallest absolute Gasteiger partial charge is 0.274 e. The lowest BCUT2D eigenvalue weighted by Crippen LogP contribution is -2.36. The number of carbonyl (C=O) groups excluding carboxylic acids is 1. The minimum Gasteiger partial charge on any atom is -0.348 e. The standard InChI is InChI=1S/C17H23N3O2/c1-5-12(6-2)18-16(21)15-13-9-7-8-10-14(13)17(22)20(19-15)11(3)4/h7-12H,5-6H2,1-4H3,(H,18,21). The molecule has 1 aromatic carbocycles. The van der Waals surface area contributed by atoms with E-state index in [1.807, 2.05) is 33.8 Å². The second kappa shape index (κ2) is 6.73. The van der Waals surface area contributed by atoms with Crippen LogP contribution in [-0.2, 0) is 0 Å². The molecule has 0 saturated carbocycles. The molecule has 0 aliphatic rings. The first-order valence-corrected chi connectivity index (χ1v) is 7.82. The fourth-order valence-corrected chi connectivity index (χ4v) is 2.47. The largest absolute Gasteiger partial charge is 0.348 e. The lowest BCUT2D eigenvalue weighted by molar-refractivity contribution is 0.0929. The molecule has 1 aromatic heterocycles. The fourth-order valence-electron chi connectivity index (χ4n) is 2.47. The molecule has 118 valence electrons. The van der Waals surface area contributed by atoms with E-state index < -0.39 is 0 Å². The van der Waals surface area contributed by atoms with Crippen LogP contribution in [0.2, 0.25) is 0 Å². The van der Waals surface area contributed by atoms with Gasteiger partial charge in [-0.1, -0.05) is 32.0 Å². The molecule has 0 aliphatic heterocycles. The number of nitrogens with one attached hydrogen (secondary N) is 1. The van der Waals surface area contributed by atoms with Crippen molar-refractivity contribution < 1.29 is 4.79 Å². The highest BCUT2D eigenvalue weighted by Gasteiger charge is 2.19. The van der Waals surface area contributed by atoms with Crippen molar-refractivity contribution in [1.29, 1.82) is 0 Å². The van der Waals surface area contributed by atoms with Crippen LogP contribution in [0.1, 0.15) is 57.1 Å². The number of carbonyl (C=O) groups is 1. The predicted octanol–water partition coefficient (Wildman–Crippen LogP) is 2.90. The first-order valence-electron chi connectivity index (χ1n) is 7.82. The normalized spacial score (nSPS) is 11.4. The van der Waals surface area contributed by atoms with Crippen molar-refractivity contribution in [3.63, 3.8) is 0 Å². The quantitative estimate of drug-likeness (QED) is 0.923. The number of hydrogen-bond acceptors (Lipinski definition) is 3. The third kappa shape index (κ3) is 3.03. The van der Waals surface area contributed by atoms with E-state index in [0.29, 0.717) is 16.5 Å². The van der Waals surface area contributed by atoms with Crippen LogP contribution in [-0.4, -0.2) is 21.7 Å². The maximum Gasteiger partial charge on any atom is 0.274 e. The van der Waals surface area contributed by atoms with Gasteiger partial charge < -0.3 is 5.32 Å². The van der Waals surface area contributed by atoms with E-state index in [9.17, 15) is 9.59 Å². The van der Waals surface area contributed by atoms with Crippen molar-refractivity contribution in [2.24, 2.45) is 0 Å². The van der Waals surface area contributed by atoms with Crippen molar-refractivity contribution in [1.82, 2.24) is 15.1 Å². The van der Waals surface area contributed by atoms with E-state index in [1.54, 1.807) is 18.2 Å². The molecule has 2 rings (SSSR count). The van der Waals surface area contributed by atoms with E-state index >= 15 is 0 Å². The van der Waals surface area contributed by atoms with Gasteiger partial charge in [-0.25, -0.2) is 4.68 Å². The lowest BCUT2D eigenvalue weighted by atomic mass is 10.1. The Morgan fingerprint density at radius 3 is 2.32 bits per heavy atom. The number of aromatic nitrogens is 2. The highest BCUT2D eigenvalue weighted by Crippen LogP contribution is 2.15. The molecular weight excluding hydrogens is 278 g/mol. The summed E-state index contributed by atoms with van der Waals surface area (Å²) >= 11 is 0. The van der Waals surface area contributed by atoms with E-state index in [1.165, 1.54) is 4.68 Å². The van der Waals surface area contributed by atoms with Crippen LogP contribution in [0, 0.1) is 0 Å². The Morgan fingerprint density at radius 1 is 1.18 bits per heavy atom. The van der Waals surface area contributed by atoms with Gasteiger partial charge in [-0.05, 0) is 32.8 Å². The van der Waals surface area contributed by atoms with Crippen molar-refractivity contribution in [2.45, 2.75) is 52.6 Å². The van der Waals surface area contributed by atoms with Gasteiger partial charge in [0.1, 0.15) is 0 Å². The molecule has 0 fully saturated rings. The number of benzene rings is 1. The Balaban J connectivity index is 2.60. The number of fused-ring (bicyclic) bond motifs is 1. The molecule has 5 heteroatoms. The van der Waals surface area contributed by atoms with Gasteiger partial charge in [-0.2, -0.15) is 5.10 Å². The summed E-state index contributed by atoms with van der Waals surface area (Å²) in [7, 11) is 0. The van der Waals surface area contributed by atoms with Crippen molar-refractivity contribution in [3.05, 3.63) is 40.3 Å². The molecule has 1 amide bonds. The summed E-state index contributed by atoms with van der Waals surface area (Å²) in [6, 6.07) is 7.15. The number of amides is 1. The van der Waals surface area contributed by atoms with Crippen LogP contribution < -0.4 is 10.9 Å². The van der Waals surface area contributed by atoms with Crippen molar-refractivity contribution in [3.8, 4) is 0 Å². The topological polar surface area (TPSA) is 64.0 Å². The van der Waals surface area contributed by atoms with Gasteiger partial charge in [-0.3, -0.25) is 9.59 Å². The maximum absolute atomic E-state index is 12.6. The summed E-state index contributed by atoms with van der Waals surface area (Å²) in [6.07, 6.45) is 1.73. The van der Waals surface area contributed by atoms with E-state index in [2.05, 4.69) is 10.4 Å². The Labute approximate surface area is 130 Å². The molecule has 0 saturated heterocycles. The number of rotatable bonds is 5. The third-order valence-electron chi connectivity index (χ3n) is 3.85. The lowest BCUT2D eigenvalue weighted by Gasteiger charge is -2.17. The third-order valence-corrected chi connectivity index (χ3v) is 3.85. The minimum atomic E-state index is -0.223. The number of nitrogens with zero attached hydrogens (tertiary/aromatic N) is 2. The maximum atomic E-state index is 12.6. The minimum absolute atomic E-state index is 0.100. The summed E-state index contributed by atoms with van der Waals surface area (Å²) < 4.78 is 1.38. The van der Waals surface area contributed by atoms with Gasteiger partial charge in [0, 0.05) is 11.4 Å². The Bertz CT molecular complexity index is 730.